The van der Waals surface area contributed by atoms with E-state index in [1.54, 1.807) is 20.0 Å². The number of phenols is 1. The fourth-order valence-electron chi connectivity index (χ4n) is 4.64. The molecule has 8 nitrogen and oxygen atoms in total. The first-order valence-corrected chi connectivity index (χ1v) is 10.8. The largest absolute Gasteiger partial charge is 0.507 e. The zero-order valence-electron chi connectivity index (χ0n) is 18.6. The normalized spacial score (nSPS) is 19.3. The molecule has 1 saturated carbocycles. The van der Waals surface area contributed by atoms with Gasteiger partial charge in [-0.05, 0) is 50.7 Å². The predicted molar refractivity (Wildman–Crippen MR) is 131 cm³/mol. The van der Waals surface area contributed by atoms with E-state index in [0.29, 0.717) is 0 Å². The Hall–Kier alpha value is -2.03. The van der Waals surface area contributed by atoms with Crippen molar-refractivity contribution in [1.29, 1.82) is 5.41 Å². The lowest BCUT2D eigenvalue weighted by molar-refractivity contribution is -0.122. The lowest BCUT2D eigenvalue weighted by Gasteiger charge is -2.33. The number of benzene rings is 1. The van der Waals surface area contributed by atoms with Crippen molar-refractivity contribution in [2.75, 3.05) is 18.5 Å². The minimum Gasteiger partial charge on any atom is -0.507 e. The predicted octanol–water partition coefficient (Wildman–Crippen LogP) is 2.79. The zero-order chi connectivity index (χ0) is 21.8. The fourth-order valence-corrected chi connectivity index (χ4v) is 4.64. The quantitative estimate of drug-likeness (QED) is 0.321. The van der Waals surface area contributed by atoms with Crippen molar-refractivity contribution in [3.8, 4) is 5.75 Å². The highest BCUT2D eigenvalue weighted by Crippen LogP contribution is 2.45. The number of phenolic OH excluding ortho intramolecular Hbond substituents is 1. The van der Waals surface area contributed by atoms with Crippen LogP contribution in [0.25, 0.3) is 0 Å². The number of halogens is 2. The summed E-state index contributed by atoms with van der Waals surface area (Å²) in [5.41, 5.74) is 7.53. The van der Waals surface area contributed by atoms with E-state index < -0.39 is 11.9 Å². The van der Waals surface area contributed by atoms with E-state index in [1.807, 2.05) is 6.07 Å². The molecule has 0 spiro atoms. The van der Waals surface area contributed by atoms with Crippen LogP contribution in [0.1, 0.15) is 68.9 Å². The van der Waals surface area contributed by atoms with E-state index in [9.17, 15) is 14.7 Å². The van der Waals surface area contributed by atoms with Gasteiger partial charge >= 0.3 is 0 Å². The number of hydrogen-bond acceptors (Lipinski definition) is 6. The van der Waals surface area contributed by atoms with Crippen LogP contribution in [0.3, 0.4) is 0 Å². The average Bonchev–Trinajstić information content (AvgIpc) is 3.23. The van der Waals surface area contributed by atoms with Crippen LogP contribution in [0, 0.1) is 5.41 Å². The van der Waals surface area contributed by atoms with Gasteiger partial charge in [0.15, 0.2) is 0 Å². The highest BCUT2D eigenvalue weighted by Gasteiger charge is 2.34. The molecule has 1 aromatic rings. The first kappa shape index (κ1) is 28.0. The number of nitrogens with one attached hydrogen (secondary N) is 3. The average molecular weight is 488 g/mol. The van der Waals surface area contributed by atoms with Gasteiger partial charge in [-0.1, -0.05) is 19.3 Å². The van der Waals surface area contributed by atoms with Crippen LogP contribution in [0.15, 0.2) is 12.1 Å². The summed E-state index contributed by atoms with van der Waals surface area (Å²) in [6, 6.07) is 2.52. The van der Waals surface area contributed by atoms with Crippen molar-refractivity contribution < 1.29 is 14.7 Å². The van der Waals surface area contributed by atoms with Crippen LogP contribution in [0.5, 0.6) is 5.75 Å². The van der Waals surface area contributed by atoms with E-state index >= 15 is 0 Å². The number of amides is 2. The van der Waals surface area contributed by atoms with Gasteiger partial charge in [-0.2, -0.15) is 0 Å². The summed E-state index contributed by atoms with van der Waals surface area (Å²) in [6.45, 7) is 2.29. The maximum atomic E-state index is 12.4. The van der Waals surface area contributed by atoms with Gasteiger partial charge in [0, 0.05) is 24.8 Å². The Kier molecular flexibility index (Phi) is 10.7. The van der Waals surface area contributed by atoms with E-state index in [-0.39, 0.29) is 59.8 Å². The molecule has 0 radical (unpaired) electrons. The Balaban J connectivity index is 0.00000256. The lowest BCUT2D eigenvalue weighted by atomic mass is 9.81. The molecule has 1 aromatic carbocycles. The highest BCUT2D eigenvalue weighted by molar-refractivity contribution is 6.09. The molecule has 0 aromatic heterocycles. The van der Waals surface area contributed by atoms with Gasteiger partial charge in [0.2, 0.25) is 11.8 Å². The van der Waals surface area contributed by atoms with Gasteiger partial charge in [0.05, 0.1) is 11.6 Å². The molecule has 2 fully saturated rings. The maximum absolute atomic E-state index is 12.4. The molecule has 2 atom stereocenters. The van der Waals surface area contributed by atoms with Crippen LogP contribution >= 0.6 is 24.8 Å². The third-order valence-electron chi connectivity index (χ3n) is 6.25. The Morgan fingerprint density at radius 1 is 1.16 bits per heavy atom. The molecule has 32 heavy (non-hydrogen) atoms. The number of aromatic hydroxyl groups is 1. The Bertz CT molecular complexity index is 828. The molecular weight excluding hydrogens is 453 g/mol. The zero-order valence-corrected chi connectivity index (χ0v) is 20.3. The van der Waals surface area contributed by atoms with Crippen molar-refractivity contribution in [3.63, 3.8) is 0 Å². The monoisotopic (exact) mass is 487 g/mol. The minimum atomic E-state index is -0.748. The fraction of sp³-hybridized carbons (Fsp3) is 0.591. The third kappa shape index (κ3) is 5.85. The van der Waals surface area contributed by atoms with Crippen LogP contribution in [0.2, 0.25) is 0 Å². The SMILES string of the molecule is CNC(=O)[C@@H]1CCCN1c1ccc(C(=N)NC(=O)[C@H](C)N)c(O)c1C1CCCCC1.Cl.Cl. The smallest absolute Gasteiger partial charge is 0.242 e. The molecule has 1 aliphatic heterocycles. The van der Waals surface area contributed by atoms with Crippen molar-refractivity contribution in [3.05, 3.63) is 23.3 Å². The van der Waals surface area contributed by atoms with E-state index in [0.717, 1.165) is 56.3 Å². The second-order valence-corrected chi connectivity index (χ2v) is 8.35. The Labute approximate surface area is 202 Å². The van der Waals surface area contributed by atoms with Crippen LogP contribution in [-0.4, -0.2) is 48.4 Å². The number of carbonyl (C=O) groups is 2. The minimum absolute atomic E-state index is 0. The Morgan fingerprint density at radius 3 is 2.41 bits per heavy atom. The number of hydrogen-bond donors (Lipinski definition) is 5. The molecule has 1 saturated heterocycles. The molecule has 1 aliphatic carbocycles. The van der Waals surface area contributed by atoms with E-state index in [4.69, 9.17) is 11.1 Å². The number of likely N-dealkylation sites (N-methyl/N-ethyl adjacent to an activating group) is 1. The molecule has 2 aliphatic rings. The number of anilines is 1. The first-order valence-electron chi connectivity index (χ1n) is 10.8. The lowest BCUT2D eigenvalue weighted by Crippen LogP contribution is -2.43. The second-order valence-electron chi connectivity index (χ2n) is 8.35. The van der Waals surface area contributed by atoms with Crippen molar-refractivity contribution in [1.82, 2.24) is 10.6 Å². The summed E-state index contributed by atoms with van der Waals surface area (Å²) in [5, 5.41) is 24.8. The topological polar surface area (TPSA) is 132 Å². The van der Waals surface area contributed by atoms with Gasteiger partial charge in [-0.25, -0.2) is 0 Å². The third-order valence-corrected chi connectivity index (χ3v) is 6.25. The summed E-state index contributed by atoms with van der Waals surface area (Å²) < 4.78 is 0. The summed E-state index contributed by atoms with van der Waals surface area (Å²) in [4.78, 5) is 26.4. The van der Waals surface area contributed by atoms with Crippen molar-refractivity contribution in [2.24, 2.45) is 5.73 Å². The van der Waals surface area contributed by atoms with Gasteiger partial charge in [0.25, 0.3) is 0 Å². The second kappa shape index (κ2) is 12.3. The maximum Gasteiger partial charge on any atom is 0.242 e. The summed E-state index contributed by atoms with van der Waals surface area (Å²) >= 11 is 0. The summed E-state index contributed by atoms with van der Waals surface area (Å²) in [7, 11) is 1.64. The van der Waals surface area contributed by atoms with Crippen LogP contribution < -0.4 is 21.3 Å². The molecule has 6 N–H and O–H groups in total. The first-order chi connectivity index (χ1) is 14.3. The number of rotatable bonds is 5. The van der Waals surface area contributed by atoms with Crippen molar-refractivity contribution in [2.45, 2.75) is 69.9 Å². The molecule has 0 unspecified atom stereocenters. The molecule has 1 heterocycles. The molecule has 2 amide bonds. The van der Waals surface area contributed by atoms with Gasteiger partial charge in [-0.15, -0.1) is 24.8 Å². The van der Waals surface area contributed by atoms with E-state index in [2.05, 4.69) is 15.5 Å². The summed E-state index contributed by atoms with van der Waals surface area (Å²) in [6.07, 6.45) is 6.95. The van der Waals surface area contributed by atoms with Gasteiger partial charge in [0.1, 0.15) is 17.6 Å². The molecule has 0 bridgehead atoms. The van der Waals surface area contributed by atoms with Crippen LogP contribution in [-0.2, 0) is 9.59 Å². The molecule has 3 rings (SSSR count). The molecule has 10 heteroatoms. The van der Waals surface area contributed by atoms with Gasteiger partial charge in [-0.3, -0.25) is 15.0 Å². The number of nitrogens with two attached hydrogens (primary N) is 1. The van der Waals surface area contributed by atoms with Crippen molar-refractivity contribution >= 4 is 48.2 Å². The Morgan fingerprint density at radius 2 is 1.81 bits per heavy atom. The highest BCUT2D eigenvalue weighted by atomic mass is 35.5. The standard InChI is InChI=1S/C22H33N5O3.2ClH/c1-13(23)21(29)26-20(24)15-10-11-16(27-12-6-9-17(27)22(30)25-2)18(19(15)28)14-7-4-3-5-8-14;;/h10-11,13-14,17,28H,3-9,12,23H2,1-2H3,(H,25,30)(H2,24,26,29);2*1H/t13-,17-;;/m0../s1. The number of amidine groups is 1. The summed E-state index contributed by atoms with van der Waals surface area (Å²) in [5.74, 6) is -0.472. The molecule has 180 valence electrons. The number of nitrogens with zero attached hydrogens (tertiary/aromatic N) is 1. The number of carbonyl (C=O) groups excluding carboxylic acids is 2. The van der Waals surface area contributed by atoms with E-state index in [1.165, 1.54) is 6.42 Å². The van der Waals surface area contributed by atoms with Gasteiger partial charge < -0.3 is 26.4 Å². The van der Waals surface area contributed by atoms with Crippen LogP contribution in [0.4, 0.5) is 5.69 Å². The molecular formula is C22H35Cl2N5O3.